The Kier molecular flexibility index (Phi) is 7.43. The molecule has 1 N–H and O–H groups in total. The van der Waals surface area contributed by atoms with Gasteiger partial charge in [0.05, 0.1) is 41.0 Å². The number of hydrogen-bond acceptors (Lipinski definition) is 9. The van der Waals surface area contributed by atoms with E-state index in [1.807, 2.05) is 34.6 Å². The summed E-state index contributed by atoms with van der Waals surface area (Å²) in [5, 5.41) is 8.35. The zero-order valence-electron chi connectivity index (χ0n) is 26.8. The van der Waals surface area contributed by atoms with Crippen LogP contribution >= 0.6 is 0 Å². The van der Waals surface area contributed by atoms with Crippen molar-refractivity contribution in [2.24, 2.45) is 0 Å². The standard InChI is InChI=1S/C34H31F3N10O2/c1-18-41-27-11-20(36)9-23-26-5-4-6-30(43-26)42-21-12-29(34(48)44(2)15-22(49-3)16-45(18)31(23)27)46(14-21)32-24-13-40-47(33(24)39-17-38-32)28-8-7-19(35)10-25(28)37/h4-11,13,17,21-22,29H,12,14-16H2,1-3H3,(H,42,43)/t21-,22+,29-/m0/s1. The number of nitrogens with zero attached hydrogens (tertiary/aromatic N) is 9. The molecule has 6 heterocycles. The van der Waals surface area contributed by atoms with Crippen LogP contribution in [0.15, 0.2) is 61.1 Å². The number of fused-ring (bicyclic) bond motifs is 6. The van der Waals surface area contributed by atoms with Crippen molar-refractivity contribution in [1.82, 2.24) is 39.2 Å². The normalized spacial score (nSPS) is 19.7. The zero-order chi connectivity index (χ0) is 34.0. The lowest BCUT2D eigenvalue weighted by Gasteiger charge is -2.30. The average molecular weight is 669 g/mol. The second-order valence-electron chi connectivity index (χ2n) is 12.4. The quantitative estimate of drug-likeness (QED) is 0.291. The molecule has 1 saturated heterocycles. The molecule has 2 aliphatic heterocycles. The van der Waals surface area contributed by atoms with Crippen molar-refractivity contribution in [3.8, 4) is 16.9 Å². The van der Waals surface area contributed by atoms with Gasteiger partial charge in [0.2, 0.25) is 5.91 Å². The molecule has 0 spiro atoms. The first-order chi connectivity index (χ1) is 23.7. The van der Waals surface area contributed by atoms with Crippen molar-refractivity contribution >= 4 is 39.6 Å². The third-order valence-electron chi connectivity index (χ3n) is 9.29. The van der Waals surface area contributed by atoms with Crippen molar-refractivity contribution in [2.45, 2.75) is 38.1 Å². The number of aromatic nitrogens is 7. The van der Waals surface area contributed by atoms with Gasteiger partial charge in [-0.3, -0.25) is 4.79 Å². The van der Waals surface area contributed by atoms with Gasteiger partial charge in [0.1, 0.15) is 47.2 Å². The van der Waals surface area contributed by atoms with Crippen molar-refractivity contribution in [1.29, 1.82) is 0 Å². The fourth-order valence-corrected chi connectivity index (χ4v) is 7.00. The Bertz CT molecular complexity index is 2260. The molecule has 2 aliphatic rings. The van der Waals surface area contributed by atoms with Crippen LogP contribution in [0.3, 0.4) is 0 Å². The van der Waals surface area contributed by atoms with Crippen LogP contribution in [-0.4, -0.2) is 90.5 Å². The van der Waals surface area contributed by atoms with Gasteiger partial charge in [0.15, 0.2) is 11.5 Å². The van der Waals surface area contributed by atoms with E-state index in [0.717, 1.165) is 17.6 Å². The van der Waals surface area contributed by atoms with Gasteiger partial charge in [-0.25, -0.2) is 37.8 Å². The van der Waals surface area contributed by atoms with E-state index < -0.39 is 29.6 Å². The number of nitrogens with one attached hydrogen (secondary N) is 1. The molecule has 4 aromatic heterocycles. The number of aryl methyl sites for hydroxylation is 1. The average Bonchev–Trinajstić information content (AvgIpc) is 3.78. The number of amides is 1. The third-order valence-corrected chi connectivity index (χ3v) is 9.29. The lowest BCUT2D eigenvalue weighted by atomic mass is 10.1. The Hall–Kier alpha value is -5.57. The van der Waals surface area contributed by atoms with E-state index in [2.05, 4.69) is 25.4 Å². The molecule has 0 radical (unpaired) electrons. The summed E-state index contributed by atoms with van der Waals surface area (Å²) in [6, 6.07) is 10.7. The molecule has 2 aromatic carbocycles. The SMILES string of the molecule is CO[C@@H]1CN(C)C(=O)[C@@H]2C[C@@H](CN2c2ncnc3c2cnn3-c2ccc(F)cc2F)Nc2cccc(n2)-c2cc(F)cc3nc(C)n(c23)C1. The second-order valence-corrected chi connectivity index (χ2v) is 12.4. The van der Waals surface area contributed by atoms with Crippen molar-refractivity contribution in [3.05, 3.63) is 84.3 Å². The highest BCUT2D eigenvalue weighted by molar-refractivity contribution is 5.93. The van der Waals surface area contributed by atoms with Gasteiger partial charge >= 0.3 is 0 Å². The van der Waals surface area contributed by atoms with E-state index in [9.17, 15) is 18.0 Å². The molecular formula is C34H31F3N10O2. The van der Waals surface area contributed by atoms with E-state index in [1.54, 1.807) is 19.1 Å². The summed E-state index contributed by atoms with van der Waals surface area (Å²) in [5.74, 6) is -0.395. The summed E-state index contributed by atoms with van der Waals surface area (Å²) in [6.07, 6.45) is 2.84. The maximum Gasteiger partial charge on any atom is 0.245 e. The number of methoxy groups -OCH3 is 1. The first-order valence-corrected chi connectivity index (χ1v) is 15.8. The van der Waals surface area contributed by atoms with Gasteiger partial charge in [-0.1, -0.05) is 6.07 Å². The fraction of sp³-hybridized carbons (Fsp3) is 0.294. The second kappa shape index (κ2) is 11.8. The molecule has 12 nitrogen and oxygen atoms in total. The maximum atomic E-state index is 14.9. The lowest BCUT2D eigenvalue weighted by Crippen LogP contribution is -2.47. The molecule has 4 bridgehead atoms. The number of carbonyl (C=O) groups is 1. The molecule has 0 aliphatic carbocycles. The highest BCUT2D eigenvalue weighted by Crippen LogP contribution is 2.35. The van der Waals surface area contributed by atoms with E-state index in [1.165, 1.54) is 35.4 Å². The summed E-state index contributed by atoms with van der Waals surface area (Å²) in [4.78, 5) is 36.3. The van der Waals surface area contributed by atoms with E-state index in [0.29, 0.717) is 64.8 Å². The molecule has 1 fully saturated rings. The van der Waals surface area contributed by atoms with E-state index in [4.69, 9.17) is 9.72 Å². The maximum absolute atomic E-state index is 14.9. The van der Waals surface area contributed by atoms with E-state index in [-0.39, 0.29) is 24.2 Å². The molecule has 0 unspecified atom stereocenters. The summed E-state index contributed by atoms with van der Waals surface area (Å²) < 4.78 is 52.6. The highest BCUT2D eigenvalue weighted by Gasteiger charge is 2.41. The smallest absolute Gasteiger partial charge is 0.245 e. The lowest BCUT2D eigenvalue weighted by molar-refractivity contribution is -0.132. The number of halogens is 3. The van der Waals surface area contributed by atoms with Crippen molar-refractivity contribution in [2.75, 3.05) is 37.5 Å². The monoisotopic (exact) mass is 668 g/mol. The van der Waals surface area contributed by atoms with Crippen LogP contribution < -0.4 is 10.2 Å². The van der Waals surface area contributed by atoms with Crippen molar-refractivity contribution in [3.63, 3.8) is 0 Å². The minimum atomic E-state index is -0.794. The van der Waals surface area contributed by atoms with Gasteiger partial charge in [-0.2, -0.15) is 5.10 Å². The molecule has 0 saturated carbocycles. The Morgan fingerprint density at radius 3 is 2.65 bits per heavy atom. The van der Waals surface area contributed by atoms with Crippen LogP contribution in [0.5, 0.6) is 0 Å². The summed E-state index contributed by atoms with van der Waals surface area (Å²) in [5.41, 5.74) is 2.73. The van der Waals surface area contributed by atoms with Crippen LogP contribution in [0, 0.1) is 24.4 Å². The van der Waals surface area contributed by atoms with E-state index >= 15 is 0 Å². The summed E-state index contributed by atoms with van der Waals surface area (Å²) in [6.45, 7) is 2.84. The first kappa shape index (κ1) is 30.7. The van der Waals surface area contributed by atoms with Crippen LogP contribution in [0.1, 0.15) is 12.2 Å². The van der Waals surface area contributed by atoms with Crippen LogP contribution in [0.25, 0.3) is 39.0 Å². The fourth-order valence-electron chi connectivity index (χ4n) is 7.00. The third kappa shape index (κ3) is 5.30. The number of hydrogen-bond donors (Lipinski definition) is 1. The molecule has 1 amide bonds. The number of carbonyl (C=O) groups excluding carboxylic acids is 1. The number of benzene rings is 2. The predicted octanol–water partition coefficient (Wildman–Crippen LogP) is 4.50. The number of imidazole rings is 1. The predicted molar refractivity (Wildman–Crippen MR) is 176 cm³/mol. The molecular weight excluding hydrogens is 637 g/mol. The minimum absolute atomic E-state index is 0.0271. The summed E-state index contributed by atoms with van der Waals surface area (Å²) >= 11 is 0. The number of likely N-dealkylation sites (N-methyl/N-ethyl adjacent to an activating group) is 1. The Labute approximate surface area is 278 Å². The number of anilines is 2. The molecule has 250 valence electrons. The van der Waals surface area contributed by atoms with Crippen LogP contribution in [-0.2, 0) is 16.1 Å². The first-order valence-electron chi connectivity index (χ1n) is 15.8. The number of ether oxygens (including phenoxy) is 1. The van der Waals surface area contributed by atoms with Gasteiger partial charge in [-0.05, 0) is 43.7 Å². The molecule has 6 aromatic rings. The highest BCUT2D eigenvalue weighted by atomic mass is 19.1. The van der Waals surface area contributed by atoms with Gasteiger partial charge in [0.25, 0.3) is 0 Å². The topological polar surface area (TPSA) is 119 Å². The minimum Gasteiger partial charge on any atom is -0.378 e. The largest absolute Gasteiger partial charge is 0.378 e. The zero-order valence-corrected chi connectivity index (χ0v) is 26.8. The Balaban J connectivity index is 1.22. The molecule has 49 heavy (non-hydrogen) atoms. The Morgan fingerprint density at radius 1 is 0.980 bits per heavy atom. The molecule has 15 heteroatoms. The van der Waals surface area contributed by atoms with Crippen LogP contribution in [0.2, 0.25) is 0 Å². The Morgan fingerprint density at radius 2 is 1.84 bits per heavy atom. The number of pyridine rings is 1. The molecule has 3 atom stereocenters. The number of rotatable bonds is 3. The van der Waals surface area contributed by atoms with Crippen molar-refractivity contribution < 1.29 is 22.7 Å². The van der Waals surface area contributed by atoms with Gasteiger partial charge in [-0.15, -0.1) is 0 Å². The molecule has 8 rings (SSSR count). The summed E-state index contributed by atoms with van der Waals surface area (Å²) in [7, 11) is 3.33. The van der Waals surface area contributed by atoms with Gasteiger partial charge in [0, 0.05) is 51.0 Å². The van der Waals surface area contributed by atoms with Gasteiger partial charge < -0.3 is 24.4 Å². The van der Waals surface area contributed by atoms with Crippen LogP contribution in [0.4, 0.5) is 24.8 Å².